The van der Waals surface area contributed by atoms with Crippen LogP contribution in [0.3, 0.4) is 0 Å². The number of thiazole rings is 1. The average Bonchev–Trinajstić information content (AvgIpc) is 2.82. The molecule has 0 aromatic carbocycles. The van der Waals surface area contributed by atoms with Gasteiger partial charge < -0.3 is 15.3 Å². The number of carboxylic acids is 1. The van der Waals surface area contributed by atoms with E-state index in [-0.39, 0.29) is 6.03 Å². The van der Waals surface area contributed by atoms with Gasteiger partial charge in [-0.25, -0.2) is 9.78 Å². The topological polar surface area (TPSA) is 82.5 Å². The number of carbonyl (C=O) groups excluding carboxylic acids is 1. The third-order valence-corrected chi connectivity index (χ3v) is 4.64. The molecule has 110 valence electrons. The van der Waals surface area contributed by atoms with Crippen molar-refractivity contribution in [3.05, 3.63) is 16.1 Å². The molecule has 1 aromatic rings. The molecule has 0 unspecified atom stereocenters. The SMILES string of the molecule is Cc1cnc(CNC(=O)N2CCC(C)(C(=O)O)CC2)s1. The number of likely N-dealkylation sites (tertiary alicyclic amines) is 1. The normalized spacial score (nSPS) is 17.8. The Kier molecular flexibility index (Phi) is 4.27. The highest BCUT2D eigenvalue weighted by atomic mass is 32.1. The quantitative estimate of drug-likeness (QED) is 0.892. The molecule has 0 spiro atoms. The zero-order valence-corrected chi connectivity index (χ0v) is 12.5. The van der Waals surface area contributed by atoms with Crippen molar-refractivity contribution in [2.45, 2.75) is 33.2 Å². The van der Waals surface area contributed by atoms with Gasteiger partial charge in [-0.15, -0.1) is 11.3 Å². The van der Waals surface area contributed by atoms with Gasteiger partial charge in [0.2, 0.25) is 0 Å². The number of hydrogen-bond donors (Lipinski definition) is 2. The van der Waals surface area contributed by atoms with Crippen molar-refractivity contribution in [1.82, 2.24) is 15.2 Å². The Morgan fingerprint density at radius 3 is 2.65 bits per heavy atom. The number of nitrogens with one attached hydrogen (secondary N) is 1. The smallest absolute Gasteiger partial charge is 0.317 e. The van der Waals surface area contributed by atoms with Crippen LogP contribution in [0.5, 0.6) is 0 Å². The van der Waals surface area contributed by atoms with Crippen molar-refractivity contribution >= 4 is 23.3 Å². The van der Waals surface area contributed by atoms with E-state index in [2.05, 4.69) is 10.3 Å². The van der Waals surface area contributed by atoms with Gasteiger partial charge in [0.15, 0.2) is 0 Å². The number of piperidine rings is 1. The van der Waals surface area contributed by atoms with E-state index in [0.29, 0.717) is 32.5 Å². The molecule has 0 aliphatic carbocycles. The first-order valence-corrected chi connectivity index (χ1v) is 7.40. The monoisotopic (exact) mass is 297 g/mol. The van der Waals surface area contributed by atoms with Gasteiger partial charge in [-0.3, -0.25) is 4.79 Å². The highest BCUT2D eigenvalue weighted by Gasteiger charge is 2.37. The molecule has 6 nitrogen and oxygen atoms in total. The van der Waals surface area contributed by atoms with Crippen LogP contribution in [-0.4, -0.2) is 40.1 Å². The van der Waals surface area contributed by atoms with Gasteiger partial charge in [-0.05, 0) is 26.7 Å². The summed E-state index contributed by atoms with van der Waals surface area (Å²) in [7, 11) is 0. The van der Waals surface area contributed by atoms with E-state index < -0.39 is 11.4 Å². The van der Waals surface area contributed by atoms with Crippen LogP contribution < -0.4 is 5.32 Å². The maximum absolute atomic E-state index is 12.0. The van der Waals surface area contributed by atoms with E-state index in [1.165, 1.54) is 0 Å². The third kappa shape index (κ3) is 3.27. The molecule has 1 fully saturated rings. The second-order valence-corrected chi connectivity index (χ2v) is 6.70. The molecule has 0 atom stereocenters. The van der Waals surface area contributed by atoms with Gasteiger partial charge in [-0.1, -0.05) is 0 Å². The van der Waals surface area contributed by atoms with Crippen molar-refractivity contribution in [1.29, 1.82) is 0 Å². The maximum Gasteiger partial charge on any atom is 0.317 e. The molecule has 0 radical (unpaired) electrons. The van der Waals surface area contributed by atoms with Crippen molar-refractivity contribution in [2.75, 3.05) is 13.1 Å². The van der Waals surface area contributed by atoms with Crippen molar-refractivity contribution in [3.63, 3.8) is 0 Å². The number of aliphatic carboxylic acids is 1. The Labute approximate surface area is 121 Å². The number of aryl methyl sites for hydroxylation is 1. The van der Waals surface area contributed by atoms with E-state index in [9.17, 15) is 9.59 Å². The number of rotatable bonds is 3. The summed E-state index contributed by atoms with van der Waals surface area (Å²) in [5, 5.41) is 12.9. The third-order valence-electron chi connectivity index (χ3n) is 3.73. The summed E-state index contributed by atoms with van der Waals surface area (Å²) < 4.78 is 0. The molecule has 1 aliphatic heterocycles. The Bertz CT molecular complexity index is 507. The van der Waals surface area contributed by atoms with Gasteiger partial charge in [0.05, 0.1) is 12.0 Å². The van der Waals surface area contributed by atoms with Crippen LogP contribution in [-0.2, 0) is 11.3 Å². The zero-order chi connectivity index (χ0) is 14.8. The molecule has 20 heavy (non-hydrogen) atoms. The van der Waals surface area contributed by atoms with E-state index in [4.69, 9.17) is 5.11 Å². The molecule has 1 aromatic heterocycles. The summed E-state index contributed by atoms with van der Waals surface area (Å²) in [6, 6.07) is -0.148. The fourth-order valence-corrected chi connectivity index (χ4v) is 2.89. The van der Waals surface area contributed by atoms with Crippen LogP contribution in [0.15, 0.2) is 6.20 Å². The summed E-state index contributed by atoms with van der Waals surface area (Å²) in [5.74, 6) is -0.782. The molecule has 2 amide bonds. The first-order valence-electron chi connectivity index (χ1n) is 6.58. The van der Waals surface area contributed by atoms with Crippen molar-refractivity contribution < 1.29 is 14.7 Å². The highest BCUT2D eigenvalue weighted by Crippen LogP contribution is 2.30. The molecular formula is C13H19N3O3S. The molecule has 2 heterocycles. The van der Waals surface area contributed by atoms with Crippen LogP contribution >= 0.6 is 11.3 Å². The van der Waals surface area contributed by atoms with Crippen LogP contribution in [0.4, 0.5) is 4.79 Å². The fourth-order valence-electron chi connectivity index (χ4n) is 2.16. The first kappa shape index (κ1) is 14.8. The minimum Gasteiger partial charge on any atom is -0.481 e. The predicted molar refractivity (Wildman–Crippen MR) is 75.6 cm³/mol. The lowest BCUT2D eigenvalue weighted by Gasteiger charge is -2.36. The van der Waals surface area contributed by atoms with Gasteiger partial charge in [-0.2, -0.15) is 0 Å². The Hall–Kier alpha value is -1.63. The van der Waals surface area contributed by atoms with Crippen molar-refractivity contribution in [3.8, 4) is 0 Å². The molecule has 2 N–H and O–H groups in total. The second kappa shape index (κ2) is 5.78. The van der Waals surface area contributed by atoms with Gasteiger partial charge in [0.1, 0.15) is 5.01 Å². The molecule has 7 heteroatoms. The molecule has 1 saturated heterocycles. The number of hydrogen-bond acceptors (Lipinski definition) is 4. The summed E-state index contributed by atoms with van der Waals surface area (Å²) in [5.41, 5.74) is -0.705. The second-order valence-electron chi connectivity index (χ2n) is 5.38. The van der Waals surface area contributed by atoms with Gasteiger partial charge in [0.25, 0.3) is 0 Å². The highest BCUT2D eigenvalue weighted by molar-refractivity contribution is 7.11. The molecule has 2 rings (SSSR count). The predicted octanol–water partition coefficient (Wildman–Crippen LogP) is 1.85. The minimum absolute atomic E-state index is 0.148. The Balaban J connectivity index is 1.81. The number of amides is 2. The summed E-state index contributed by atoms with van der Waals surface area (Å²) >= 11 is 1.56. The minimum atomic E-state index is -0.782. The zero-order valence-electron chi connectivity index (χ0n) is 11.7. The lowest BCUT2D eigenvalue weighted by Crippen LogP contribution is -2.48. The van der Waals surface area contributed by atoms with E-state index in [1.807, 2.05) is 6.92 Å². The lowest BCUT2D eigenvalue weighted by atomic mass is 9.80. The van der Waals surface area contributed by atoms with E-state index in [1.54, 1.807) is 29.4 Å². The maximum atomic E-state index is 12.0. The summed E-state index contributed by atoms with van der Waals surface area (Å²) in [6.07, 6.45) is 2.77. The standard InChI is InChI=1S/C13H19N3O3S/c1-9-7-14-10(20-9)8-15-12(19)16-5-3-13(2,4-6-16)11(17)18/h7H,3-6,8H2,1-2H3,(H,15,19)(H,17,18). The average molecular weight is 297 g/mol. The Morgan fingerprint density at radius 1 is 1.50 bits per heavy atom. The van der Waals surface area contributed by atoms with Gasteiger partial charge in [0, 0.05) is 24.2 Å². The van der Waals surface area contributed by atoms with E-state index in [0.717, 1.165) is 9.88 Å². The van der Waals surface area contributed by atoms with Gasteiger partial charge >= 0.3 is 12.0 Å². The van der Waals surface area contributed by atoms with Crippen molar-refractivity contribution in [2.24, 2.45) is 5.41 Å². The molecular weight excluding hydrogens is 278 g/mol. The number of nitrogens with zero attached hydrogens (tertiary/aromatic N) is 2. The largest absolute Gasteiger partial charge is 0.481 e. The number of urea groups is 1. The molecule has 0 bridgehead atoms. The summed E-state index contributed by atoms with van der Waals surface area (Å²) in [4.78, 5) is 30.1. The van der Waals surface area contributed by atoms with Crippen LogP contribution in [0.2, 0.25) is 0 Å². The number of aromatic nitrogens is 1. The Morgan fingerprint density at radius 2 is 2.15 bits per heavy atom. The number of carbonyl (C=O) groups is 2. The van der Waals surface area contributed by atoms with Crippen LogP contribution in [0, 0.1) is 12.3 Å². The molecule has 0 saturated carbocycles. The fraction of sp³-hybridized carbons (Fsp3) is 0.615. The first-order chi connectivity index (χ1) is 9.40. The lowest BCUT2D eigenvalue weighted by molar-refractivity contribution is -0.150. The molecule has 1 aliphatic rings. The number of carboxylic acid groups (broad SMARTS) is 1. The van der Waals surface area contributed by atoms with E-state index >= 15 is 0 Å². The van der Waals surface area contributed by atoms with Crippen LogP contribution in [0.1, 0.15) is 29.7 Å². The summed E-state index contributed by atoms with van der Waals surface area (Å²) in [6.45, 7) is 5.09. The van der Waals surface area contributed by atoms with Crippen LogP contribution in [0.25, 0.3) is 0 Å².